The molecular formula is C13H18Br2O. The van der Waals surface area contributed by atoms with Crippen LogP contribution in [0.25, 0.3) is 0 Å². The van der Waals surface area contributed by atoms with Gasteiger partial charge in [-0.2, -0.15) is 0 Å². The van der Waals surface area contributed by atoms with Gasteiger partial charge in [0.2, 0.25) is 0 Å². The van der Waals surface area contributed by atoms with Gasteiger partial charge in [-0.05, 0) is 30.5 Å². The van der Waals surface area contributed by atoms with Crippen LogP contribution in [-0.4, -0.2) is 7.11 Å². The summed E-state index contributed by atoms with van der Waals surface area (Å²) in [6.45, 7) is 6.52. The Morgan fingerprint density at radius 3 is 2.50 bits per heavy atom. The van der Waals surface area contributed by atoms with Gasteiger partial charge in [-0.3, -0.25) is 0 Å². The maximum atomic E-state index is 5.45. The molecule has 0 aliphatic rings. The van der Waals surface area contributed by atoms with Gasteiger partial charge in [0.05, 0.1) is 7.11 Å². The van der Waals surface area contributed by atoms with Crippen molar-refractivity contribution in [3.63, 3.8) is 0 Å². The highest BCUT2D eigenvalue weighted by Crippen LogP contribution is 2.40. The molecule has 16 heavy (non-hydrogen) atoms. The average molecular weight is 350 g/mol. The Morgan fingerprint density at radius 2 is 2.00 bits per heavy atom. The van der Waals surface area contributed by atoms with E-state index in [1.807, 2.05) is 0 Å². The van der Waals surface area contributed by atoms with Gasteiger partial charge >= 0.3 is 0 Å². The standard InChI is InChI=1S/C13H18Br2O/c1-5-8(2)13(15)10-7-11(14)9(3)6-12(10)16-4/h6-8,13H,5H2,1-4H3. The number of halogens is 2. The molecule has 0 fully saturated rings. The Bertz CT molecular complexity index is 363. The van der Waals surface area contributed by atoms with Crippen molar-refractivity contribution >= 4 is 31.9 Å². The number of hydrogen-bond acceptors (Lipinski definition) is 1. The van der Waals surface area contributed by atoms with E-state index in [2.05, 4.69) is 64.8 Å². The van der Waals surface area contributed by atoms with Crippen molar-refractivity contribution in [2.75, 3.05) is 7.11 Å². The van der Waals surface area contributed by atoms with Crippen LogP contribution in [0.4, 0.5) is 0 Å². The Labute approximate surface area is 115 Å². The number of alkyl halides is 1. The zero-order valence-electron chi connectivity index (χ0n) is 10.2. The Morgan fingerprint density at radius 1 is 1.38 bits per heavy atom. The summed E-state index contributed by atoms with van der Waals surface area (Å²) < 4.78 is 6.58. The van der Waals surface area contributed by atoms with Crippen molar-refractivity contribution < 1.29 is 4.74 Å². The van der Waals surface area contributed by atoms with Gasteiger partial charge in [0.25, 0.3) is 0 Å². The third kappa shape index (κ3) is 3.01. The summed E-state index contributed by atoms with van der Waals surface area (Å²) in [5.41, 5.74) is 2.42. The van der Waals surface area contributed by atoms with Crippen LogP contribution in [0.15, 0.2) is 16.6 Å². The molecule has 0 aliphatic carbocycles. The molecule has 1 nitrogen and oxygen atoms in total. The molecule has 1 aromatic carbocycles. The van der Waals surface area contributed by atoms with Crippen LogP contribution in [0.5, 0.6) is 5.75 Å². The van der Waals surface area contributed by atoms with E-state index in [1.54, 1.807) is 7.11 Å². The van der Waals surface area contributed by atoms with Crippen LogP contribution in [0, 0.1) is 12.8 Å². The molecule has 0 amide bonds. The highest BCUT2D eigenvalue weighted by molar-refractivity contribution is 9.10. The maximum absolute atomic E-state index is 5.45. The summed E-state index contributed by atoms with van der Waals surface area (Å²) >= 11 is 7.33. The molecule has 2 unspecified atom stereocenters. The topological polar surface area (TPSA) is 9.23 Å². The van der Waals surface area contributed by atoms with E-state index in [0.29, 0.717) is 10.7 Å². The zero-order chi connectivity index (χ0) is 12.3. The van der Waals surface area contributed by atoms with Crippen molar-refractivity contribution in [2.24, 2.45) is 5.92 Å². The monoisotopic (exact) mass is 348 g/mol. The zero-order valence-corrected chi connectivity index (χ0v) is 13.4. The molecule has 0 heterocycles. The quantitative estimate of drug-likeness (QED) is 0.674. The second-order valence-electron chi connectivity index (χ2n) is 4.13. The smallest absolute Gasteiger partial charge is 0.123 e. The van der Waals surface area contributed by atoms with E-state index >= 15 is 0 Å². The summed E-state index contributed by atoms with van der Waals surface area (Å²) in [5.74, 6) is 1.55. The van der Waals surface area contributed by atoms with Gasteiger partial charge < -0.3 is 4.74 Å². The van der Waals surface area contributed by atoms with Gasteiger partial charge in [-0.15, -0.1) is 0 Å². The van der Waals surface area contributed by atoms with Crippen molar-refractivity contribution in [2.45, 2.75) is 32.0 Å². The van der Waals surface area contributed by atoms with Crippen molar-refractivity contribution in [3.05, 3.63) is 27.7 Å². The van der Waals surface area contributed by atoms with Gasteiger partial charge in [0, 0.05) is 14.9 Å². The van der Waals surface area contributed by atoms with Crippen LogP contribution in [-0.2, 0) is 0 Å². The summed E-state index contributed by atoms with van der Waals surface area (Å²) in [6.07, 6.45) is 1.14. The summed E-state index contributed by atoms with van der Waals surface area (Å²) in [7, 11) is 1.72. The number of benzene rings is 1. The molecule has 1 aromatic rings. The lowest BCUT2D eigenvalue weighted by atomic mass is 9.97. The Hall–Kier alpha value is -0.0200. The second kappa shape index (κ2) is 6.06. The van der Waals surface area contributed by atoms with Crippen LogP contribution in [0.2, 0.25) is 0 Å². The number of rotatable bonds is 4. The molecule has 0 bridgehead atoms. The molecule has 90 valence electrons. The first-order valence-corrected chi connectivity index (χ1v) is 7.20. The highest BCUT2D eigenvalue weighted by Gasteiger charge is 2.19. The molecule has 1 rings (SSSR count). The SMILES string of the molecule is CCC(C)C(Br)c1cc(Br)c(C)cc1OC. The third-order valence-corrected chi connectivity index (χ3v) is 5.20. The van der Waals surface area contributed by atoms with Crippen LogP contribution in [0.1, 0.15) is 36.2 Å². The van der Waals surface area contributed by atoms with Gasteiger partial charge in [-0.1, -0.05) is 52.1 Å². The molecular weight excluding hydrogens is 332 g/mol. The van der Waals surface area contributed by atoms with Gasteiger partial charge in [0.1, 0.15) is 5.75 Å². The molecule has 0 aromatic heterocycles. The van der Waals surface area contributed by atoms with Crippen LogP contribution < -0.4 is 4.74 Å². The predicted molar refractivity (Wildman–Crippen MR) is 76.6 cm³/mol. The van der Waals surface area contributed by atoms with Crippen molar-refractivity contribution in [1.82, 2.24) is 0 Å². The van der Waals surface area contributed by atoms with E-state index in [9.17, 15) is 0 Å². The third-order valence-electron chi connectivity index (χ3n) is 2.95. The van der Waals surface area contributed by atoms with Crippen LogP contribution in [0.3, 0.4) is 0 Å². The van der Waals surface area contributed by atoms with E-state index < -0.39 is 0 Å². The largest absolute Gasteiger partial charge is 0.496 e. The molecule has 0 saturated carbocycles. The minimum Gasteiger partial charge on any atom is -0.496 e. The fraction of sp³-hybridized carbons (Fsp3) is 0.538. The van der Waals surface area contributed by atoms with Crippen molar-refractivity contribution in [3.8, 4) is 5.75 Å². The second-order valence-corrected chi connectivity index (χ2v) is 5.97. The summed E-state index contributed by atoms with van der Waals surface area (Å²) in [6, 6.07) is 4.23. The van der Waals surface area contributed by atoms with Gasteiger partial charge in [0.15, 0.2) is 0 Å². The first kappa shape index (κ1) is 14.0. The lowest BCUT2D eigenvalue weighted by Gasteiger charge is -2.20. The average Bonchev–Trinajstić information content (AvgIpc) is 2.30. The minimum absolute atomic E-state index is 0.337. The molecule has 2 atom stereocenters. The predicted octanol–water partition coefficient (Wildman–Crippen LogP) is 5.25. The molecule has 0 saturated heterocycles. The molecule has 0 radical (unpaired) electrons. The molecule has 0 N–H and O–H groups in total. The first-order chi connectivity index (χ1) is 7.51. The Balaban J connectivity index is 3.16. The lowest BCUT2D eigenvalue weighted by molar-refractivity contribution is 0.404. The van der Waals surface area contributed by atoms with Crippen molar-refractivity contribution in [1.29, 1.82) is 0 Å². The molecule has 0 spiro atoms. The number of methoxy groups -OCH3 is 1. The minimum atomic E-state index is 0.337. The van der Waals surface area contributed by atoms with Gasteiger partial charge in [-0.25, -0.2) is 0 Å². The summed E-state index contributed by atoms with van der Waals surface area (Å²) in [5, 5.41) is 0. The summed E-state index contributed by atoms with van der Waals surface area (Å²) in [4.78, 5) is 0.337. The van der Waals surface area contributed by atoms with E-state index in [0.717, 1.165) is 16.6 Å². The molecule has 3 heteroatoms. The Kier molecular flexibility index (Phi) is 5.32. The maximum Gasteiger partial charge on any atom is 0.123 e. The number of hydrogen-bond donors (Lipinski definition) is 0. The van der Waals surface area contributed by atoms with E-state index in [-0.39, 0.29) is 0 Å². The highest BCUT2D eigenvalue weighted by atomic mass is 79.9. The normalized spacial score (nSPS) is 14.6. The fourth-order valence-electron chi connectivity index (χ4n) is 1.58. The van der Waals surface area contributed by atoms with E-state index in [1.165, 1.54) is 11.1 Å². The van der Waals surface area contributed by atoms with Crippen LogP contribution >= 0.6 is 31.9 Å². The van der Waals surface area contributed by atoms with E-state index in [4.69, 9.17) is 4.74 Å². The lowest BCUT2D eigenvalue weighted by Crippen LogP contribution is -2.04. The number of aryl methyl sites for hydroxylation is 1. The first-order valence-electron chi connectivity index (χ1n) is 5.49. The molecule has 0 aliphatic heterocycles. The fourth-order valence-corrected chi connectivity index (χ4v) is 2.67. The number of ether oxygens (including phenoxy) is 1.